The van der Waals surface area contributed by atoms with Gasteiger partial charge < -0.3 is 15.6 Å². The van der Waals surface area contributed by atoms with Crippen molar-refractivity contribution in [1.82, 2.24) is 0 Å². The number of benzene rings is 1. The van der Waals surface area contributed by atoms with Crippen molar-refractivity contribution in [1.29, 1.82) is 0 Å². The zero-order valence-corrected chi connectivity index (χ0v) is 12.4. The number of aliphatic hydroxyl groups is 1. The molecule has 1 aromatic rings. The molecule has 1 aliphatic heterocycles. The zero-order valence-electron chi connectivity index (χ0n) is 9.57. The Kier molecular flexibility index (Phi) is 5.62. The predicted molar refractivity (Wildman–Crippen MR) is 61.6 cm³/mol. The summed E-state index contributed by atoms with van der Waals surface area (Å²) < 4.78 is 5.18. The van der Waals surface area contributed by atoms with Gasteiger partial charge in [-0.1, -0.05) is 17.2 Å². The second kappa shape index (κ2) is 6.51. The maximum Gasteiger partial charge on any atom is 0.129 e. The van der Waals surface area contributed by atoms with Gasteiger partial charge in [0.25, 0.3) is 0 Å². The van der Waals surface area contributed by atoms with Crippen LogP contribution in [0.15, 0.2) is 18.2 Å². The molecule has 1 fully saturated rings. The first-order valence-electron chi connectivity index (χ1n) is 5.28. The van der Waals surface area contributed by atoms with Crippen molar-refractivity contribution < 1.29 is 42.6 Å². The summed E-state index contributed by atoms with van der Waals surface area (Å²) in [5.41, 5.74) is 6.03. The van der Waals surface area contributed by atoms with Crippen LogP contribution < -0.4 is 5.73 Å². The van der Waals surface area contributed by atoms with Crippen LogP contribution in [0.1, 0.15) is 18.4 Å². The van der Waals surface area contributed by atoms with Crippen molar-refractivity contribution in [2.24, 2.45) is 0 Å². The van der Waals surface area contributed by atoms with E-state index in [1.165, 1.54) is 0 Å². The molecule has 3 N–H and O–H groups in total. The Labute approximate surface area is 127 Å². The Bertz CT molecular complexity index is 413. The molecule has 0 aliphatic carbocycles. The predicted octanol–water partition coefficient (Wildman–Crippen LogP) is 0.959. The molecule has 0 amide bonds. The molecule has 2 rings (SSSR count). The number of rotatable bonds is 0. The van der Waals surface area contributed by atoms with Crippen LogP contribution in [0, 0.1) is 17.9 Å². The summed E-state index contributed by atoms with van der Waals surface area (Å²) >= 11 is 0. The molecule has 3 nitrogen and oxygen atoms in total. The van der Waals surface area contributed by atoms with Crippen LogP contribution >= 0.6 is 0 Å². The molecule has 1 saturated heterocycles. The largest absolute Gasteiger partial charge is 0.420 e. The summed E-state index contributed by atoms with van der Waals surface area (Å²) in [4.78, 5) is 0. The van der Waals surface area contributed by atoms with Gasteiger partial charge in [0.15, 0.2) is 0 Å². The van der Waals surface area contributed by atoms with Crippen molar-refractivity contribution in [3.63, 3.8) is 0 Å². The number of anilines is 1. The van der Waals surface area contributed by atoms with Gasteiger partial charge in [0.1, 0.15) is 5.60 Å². The van der Waals surface area contributed by atoms with Crippen molar-refractivity contribution in [2.45, 2.75) is 18.4 Å². The third-order valence-corrected chi connectivity index (χ3v) is 2.60. The molecule has 0 saturated carbocycles. The summed E-state index contributed by atoms with van der Waals surface area (Å²) in [6.07, 6.45) is 1.14. The van der Waals surface area contributed by atoms with Crippen LogP contribution in [0.5, 0.6) is 0 Å². The van der Waals surface area contributed by atoms with Crippen molar-refractivity contribution in [3.05, 3.63) is 29.8 Å². The fourth-order valence-corrected chi connectivity index (χ4v) is 1.54. The molecule has 87 valence electrons. The van der Waals surface area contributed by atoms with E-state index in [0.717, 1.165) is 5.56 Å². The fraction of sp³-hybridized carbons (Fsp3) is 0.385. The molecule has 1 heterocycles. The van der Waals surface area contributed by atoms with Crippen LogP contribution in [0.4, 0.5) is 5.69 Å². The first-order chi connectivity index (χ1) is 7.68. The van der Waals surface area contributed by atoms with Gasteiger partial charge in [0.05, 0.1) is 13.2 Å². The Morgan fingerprint density at radius 2 is 2.06 bits per heavy atom. The number of nitrogens with two attached hydrogens (primary N) is 1. The third-order valence-electron chi connectivity index (χ3n) is 2.60. The minimum absolute atomic E-state index is 0. The standard InChI is InChI=1S/C13H14NO2.Y/c14-12-3-1-11(2-4-12)5-6-13(15)7-9-16-10-8-13;/h1-3,15H,7-10,14H2;/q-1;. The molecule has 4 heteroatoms. The van der Waals surface area contributed by atoms with E-state index in [1.54, 1.807) is 12.1 Å². The fourth-order valence-electron chi connectivity index (χ4n) is 1.54. The average molecular weight is 305 g/mol. The molecule has 0 aromatic heterocycles. The molecular weight excluding hydrogens is 291 g/mol. The molecular formula is C13H14NO2Y-. The Morgan fingerprint density at radius 3 is 2.65 bits per heavy atom. The van der Waals surface area contributed by atoms with E-state index in [4.69, 9.17) is 10.5 Å². The van der Waals surface area contributed by atoms with Gasteiger partial charge in [0.2, 0.25) is 0 Å². The van der Waals surface area contributed by atoms with Crippen molar-refractivity contribution in [3.8, 4) is 11.8 Å². The van der Waals surface area contributed by atoms with Crippen LogP contribution in [-0.2, 0) is 37.4 Å². The van der Waals surface area contributed by atoms with E-state index in [-0.39, 0.29) is 32.7 Å². The van der Waals surface area contributed by atoms with E-state index in [0.29, 0.717) is 31.7 Å². The molecule has 1 aromatic carbocycles. The van der Waals surface area contributed by atoms with Gasteiger partial charge >= 0.3 is 0 Å². The summed E-state index contributed by atoms with van der Waals surface area (Å²) in [5.74, 6) is 5.84. The van der Waals surface area contributed by atoms with Gasteiger partial charge in [-0.2, -0.15) is 18.2 Å². The van der Waals surface area contributed by atoms with E-state index in [1.807, 2.05) is 6.07 Å². The van der Waals surface area contributed by atoms with E-state index in [2.05, 4.69) is 17.9 Å². The molecule has 0 atom stereocenters. The molecule has 0 spiro atoms. The van der Waals surface area contributed by atoms with Crippen molar-refractivity contribution in [2.75, 3.05) is 18.9 Å². The summed E-state index contributed by atoms with van der Waals surface area (Å²) in [6, 6.07) is 8.17. The maximum atomic E-state index is 10.1. The minimum Gasteiger partial charge on any atom is -0.420 e. The van der Waals surface area contributed by atoms with Crippen molar-refractivity contribution >= 4 is 5.69 Å². The van der Waals surface area contributed by atoms with Gasteiger partial charge in [-0.25, -0.2) is 0 Å². The van der Waals surface area contributed by atoms with Crippen LogP contribution in [0.25, 0.3) is 0 Å². The molecule has 0 bridgehead atoms. The van der Waals surface area contributed by atoms with E-state index >= 15 is 0 Å². The first kappa shape index (κ1) is 14.7. The monoisotopic (exact) mass is 305 g/mol. The maximum absolute atomic E-state index is 10.1. The molecule has 1 aliphatic rings. The topological polar surface area (TPSA) is 55.5 Å². The van der Waals surface area contributed by atoms with Gasteiger partial charge in [0, 0.05) is 45.6 Å². The summed E-state index contributed by atoms with van der Waals surface area (Å²) in [5, 5.41) is 10.1. The molecule has 1 radical (unpaired) electrons. The SMILES string of the molecule is Nc1[c-]cc(C#CC2(O)CCOCC2)cc1.[Y]. The molecule has 0 unspecified atom stereocenters. The Balaban J connectivity index is 0.00000144. The number of ether oxygens (including phenoxy) is 1. The normalized spacial score (nSPS) is 17.5. The van der Waals surface area contributed by atoms with Crippen LogP contribution in [0.3, 0.4) is 0 Å². The minimum atomic E-state index is -0.903. The quantitative estimate of drug-likeness (QED) is 0.426. The summed E-state index contributed by atoms with van der Waals surface area (Å²) in [6.45, 7) is 1.14. The Hall–Kier alpha value is -0.396. The number of hydrogen-bond donors (Lipinski definition) is 2. The first-order valence-corrected chi connectivity index (χ1v) is 5.28. The van der Waals surface area contributed by atoms with E-state index in [9.17, 15) is 5.11 Å². The van der Waals surface area contributed by atoms with Crippen LogP contribution in [0.2, 0.25) is 0 Å². The zero-order chi connectivity index (χ0) is 11.4. The Morgan fingerprint density at radius 1 is 1.35 bits per heavy atom. The number of hydrogen-bond acceptors (Lipinski definition) is 3. The second-order valence-corrected chi connectivity index (χ2v) is 3.93. The van der Waals surface area contributed by atoms with Gasteiger partial charge in [-0.15, -0.1) is 12.0 Å². The second-order valence-electron chi connectivity index (χ2n) is 3.93. The summed E-state index contributed by atoms with van der Waals surface area (Å²) in [7, 11) is 0. The molecule has 17 heavy (non-hydrogen) atoms. The number of nitrogen functional groups attached to an aromatic ring is 1. The average Bonchev–Trinajstić information content (AvgIpc) is 2.29. The smallest absolute Gasteiger partial charge is 0.129 e. The third kappa shape index (κ3) is 4.41. The van der Waals surface area contributed by atoms with E-state index < -0.39 is 5.60 Å². The van der Waals surface area contributed by atoms with Gasteiger partial charge in [-0.3, -0.25) is 0 Å². The van der Waals surface area contributed by atoms with Crippen LogP contribution in [-0.4, -0.2) is 23.9 Å². The van der Waals surface area contributed by atoms with Gasteiger partial charge in [-0.05, 0) is 0 Å².